The Hall–Kier alpha value is -2.59. The molecule has 1 saturated carbocycles. The standard InChI is InChI=1S/C22H32N6O4/c29-18(26-30)15-17(8-4-7-16-5-2-1-3-6-16)22-25-20(27-32-22)19-21(24-10-9-23-19)28-11-13-31-14-12-28/h9-10,16-17,30H,1-8,11-15H2,(H,26,29)/t17-/m1/s1. The molecule has 2 N–H and O–H groups in total. The molecule has 0 aromatic carbocycles. The van der Waals surface area contributed by atoms with Crippen LogP contribution in [0, 0.1) is 5.92 Å². The Bertz CT molecular complexity index is 864. The Balaban J connectivity index is 1.47. The lowest BCUT2D eigenvalue weighted by atomic mass is 9.84. The van der Waals surface area contributed by atoms with E-state index in [9.17, 15) is 4.79 Å². The molecule has 1 aliphatic carbocycles. The van der Waals surface area contributed by atoms with E-state index in [0.29, 0.717) is 36.4 Å². The van der Waals surface area contributed by atoms with E-state index in [1.54, 1.807) is 17.9 Å². The predicted octanol–water partition coefficient (Wildman–Crippen LogP) is 3.09. The van der Waals surface area contributed by atoms with Crippen LogP contribution in [0.5, 0.6) is 0 Å². The Labute approximate surface area is 187 Å². The summed E-state index contributed by atoms with van der Waals surface area (Å²) in [6.45, 7) is 2.70. The fourth-order valence-corrected chi connectivity index (χ4v) is 4.70. The van der Waals surface area contributed by atoms with Gasteiger partial charge in [-0.1, -0.05) is 50.1 Å². The first-order chi connectivity index (χ1) is 15.7. The lowest BCUT2D eigenvalue weighted by molar-refractivity contribution is -0.129. The van der Waals surface area contributed by atoms with E-state index in [2.05, 4.69) is 25.0 Å². The second-order valence-electron chi connectivity index (χ2n) is 8.66. The molecule has 3 heterocycles. The second kappa shape index (κ2) is 11.3. The van der Waals surface area contributed by atoms with Crippen molar-refractivity contribution < 1.29 is 19.3 Å². The molecule has 10 heteroatoms. The lowest BCUT2D eigenvalue weighted by Gasteiger charge is -2.28. The largest absolute Gasteiger partial charge is 0.378 e. The van der Waals surface area contributed by atoms with Crippen LogP contribution in [0.2, 0.25) is 0 Å². The first-order valence-electron chi connectivity index (χ1n) is 11.6. The summed E-state index contributed by atoms with van der Waals surface area (Å²) in [5.41, 5.74) is 2.28. The SMILES string of the molecule is O=C(C[C@@H](CCCC1CCCCC1)c1nc(-c2nccnc2N2CCOCC2)no1)NO. The molecular formula is C22H32N6O4. The van der Waals surface area contributed by atoms with Crippen LogP contribution in [0.25, 0.3) is 11.5 Å². The van der Waals surface area contributed by atoms with Crippen LogP contribution in [0.15, 0.2) is 16.9 Å². The third-order valence-electron chi connectivity index (χ3n) is 6.44. The number of hydroxylamine groups is 1. The third-order valence-corrected chi connectivity index (χ3v) is 6.44. The highest BCUT2D eigenvalue weighted by molar-refractivity contribution is 5.75. The van der Waals surface area contributed by atoms with Crippen molar-refractivity contribution in [3.05, 3.63) is 18.3 Å². The number of carbonyl (C=O) groups excluding carboxylic acids is 1. The highest BCUT2D eigenvalue weighted by atomic mass is 16.5. The molecule has 1 saturated heterocycles. The Kier molecular flexibility index (Phi) is 8.00. The maximum Gasteiger partial charge on any atom is 0.244 e. The van der Waals surface area contributed by atoms with Crippen molar-refractivity contribution in [3.8, 4) is 11.5 Å². The molecule has 0 spiro atoms. The Morgan fingerprint density at radius 2 is 1.97 bits per heavy atom. The normalized spacial score (nSPS) is 18.5. The van der Waals surface area contributed by atoms with Crippen molar-refractivity contribution >= 4 is 11.7 Å². The van der Waals surface area contributed by atoms with Gasteiger partial charge < -0.3 is 14.2 Å². The second-order valence-corrected chi connectivity index (χ2v) is 8.66. The molecule has 1 aliphatic heterocycles. The van der Waals surface area contributed by atoms with Gasteiger partial charge in [0.15, 0.2) is 11.5 Å². The van der Waals surface area contributed by atoms with Gasteiger partial charge >= 0.3 is 0 Å². The van der Waals surface area contributed by atoms with Crippen molar-refractivity contribution in [2.75, 3.05) is 31.2 Å². The molecule has 32 heavy (non-hydrogen) atoms. The number of carbonyl (C=O) groups is 1. The maximum atomic E-state index is 11.9. The molecule has 0 unspecified atom stereocenters. The average molecular weight is 445 g/mol. The number of aromatic nitrogens is 4. The van der Waals surface area contributed by atoms with Gasteiger partial charge in [-0.2, -0.15) is 4.98 Å². The van der Waals surface area contributed by atoms with Crippen LogP contribution in [0.1, 0.15) is 69.6 Å². The van der Waals surface area contributed by atoms with Crippen LogP contribution < -0.4 is 10.4 Å². The highest BCUT2D eigenvalue weighted by Crippen LogP contribution is 2.32. The lowest BCUT2D eigenvalue weighted by Crippen LogP contribution is -2.37. The zero-order chi connectivity index (χ0) is 22.2. The topological polar surface area (TPSA) is 127 Å². The number of nitrogens with zero attached hydrogens (tertiary/aromatic N) is 5. The Morgan fingerprint density at radius 1 is 1.19 bits per heavy atom. The molecule has 4 rings (SSSR count). The van der Waals surface area contributed by atoms with E-state index in [1.807, 2.05) is 0 Å². The minimum absolute atomic E-state index is 0.0968. The van der Waals surface area contributed by atoms with Gasteiger partial charge in [0.05, 0.1) is 13.2 Å². The van der Waals surface area contributed by atoms with Gasteiger partial charge in [0.1, 0.15) is 0 Å². The van der Waals surface area contributed by atoms with Gasteiger partial charge in [0.2, 0.25) is 17.6 Å². The monoisotopic (exact) mass is 444 g/mol. The summed E-state index contributed by atoms with van der Waals surface area (Å²) in [5, 5.41) is 13.2. The van der Waals surface area contributed by atoms with Gasteiger partial charge in [-0.25, -0.2) is 15.4 Å². The molecule has 2 aliphatic rings. The molecule has 2 aromatic rings. The van der Waals surface area contributed by atoms with Crippen molar-refractivity contribution in [2.24, 2.45) is 5.92 Å². The van der Waals surface area contributed by atoms with Gasteiger partial charge in [-0.15, -0.1) is 0 Å². The van der Waals surface area contributed by atoms with Crippen molar-refractivity contribution in [2.45, 2.75) is 63.7 Å². The number of hydrogen-bond acceptors (Lipinski definition) is 9. The van der Waals surface area contributed by atoms with Crippen LogP contribution in [0.4, 0.5) is 5.82 Å². The predicted molar refractivity (Wildman–Crippen MR) is 116 cm³/mol. The zero-order valence-corrected chi connectivity index (χ0v) is 18.4. The fraction of sp³-hybridized carbons (Fsp3) is 0.682. The van der Waals surface area contributed by atoms with E-state index in [1.165, 1.54) is 32.1 Å². The number of anilines is 1. The van der Waals surface area contributed by atoms with Gasteiger partial charge in [0, 0.05) is 37.8 Å². The summed E-state index contributed by atoms with van der Waals surface area (Å²) >= 11 is 0. The summed E-state index contributed by atoms with van der Waals surface area (Å²) < 4.78 is 11.0. The van der Waals surface area contributed by atoms with Crippen molar-refractivity contribution in [3.63, 3.8) is 0 Å². The minimum Gasteiger partial charge on any atom is -0.378 e. The van der Waals surface area contributed by atoms with E-state index < -0.39 is 5.91 Å². The maximum absolute atomic E-state index is 11.9. The average Bonchev–Trinajstić information content (AvgIpc) is 3.34. The molecule has 0 bridgehead atoms. The van der Waals surface area contributed by atoms with Crippen LogP contribution in [-0.4, -0.2) is 57.5 Å². The quantitative estimate of drug-likeness (QED) is 0.443. The summed E-state index contributed by atoms with van der Waals surface area (Å²) in [4.78, 5) is 27.5. The first-order valence-corrected chi connectivity index (χ1v) is 11.6. The fourth-order valence-electron chi connectivity index (χ4n) is 4.70. The van der Waals surface area contributed by atoms with E-state index in [-0.39, 0.29) is 12.3 Å². The number of amides is 1. The van der Waals surface area contributed by atoms with Crippen molar-refractivity contribution in [1.82, 2.24) is 25.6 Å². The third kappa shape index (κ3) is 5.80. The molecule has 2 aromatic heterocycles. The van der Waals surface area contributed by atoms with Gasteiger partial charge in [-0.3, -0.25) is 10.0 Å². The highest BCUT2D eigenvalue weighted by Gasteiger charge is 2.26. The minimum atomic E-state index is -0.457. The summed E-state index contributed by atoms with van der Waals surface area (Å²) in [6.07, 6.45) is 12.8. The van der Waals surface area contributed by atoms with Crippen LogP contribution in [0.3, 0.4) is 0 Å². The summed E-state index contributed by atoms with van der Waals surface area (Å²) in [5.74, 6) is 1.51. The molecule has 1 atom stereocenters. The Morgan fingerprint density at radius 3 is 2.75 bits per heavy atom. The smallest absolute Gasteiger partial charge is 0.244 e. The summed E-state index contributed by atoms with van der Waals surface area (Å²) in [7, 11) is 0. The summed E-state index contributed by atoms with van der Waals surface area (Å²) in [6, 6.07) is 0. The first kappa shape index (κ1) is 22.6. The molecule has 1 amide bonds. The zero-order valence-electron chi connectivity index (χ0n) is 18.4. The molecule has 174 valence electrons. The number of ether oxygens (including phenoxy) is 1. The number of hydrogen-bond donors (Lipinski definition) is 2. The molecule has 0 radical (unpaired) electrons. The van der Waals surface area contributed by atoms with E-state index in [4.69, 9.17) is 14.5 Å². The molecule has 10 nitrogen and oxygen atoms in total. The van der Waals surface area contributed by atoms with E-state index >= 15 is 0 Å². The number of rotatable bonds is 9. The molecular weight excluding hydrogens is 412 g/mol. The van der Waals surface area contributed by atoms with Crippen LogP contribution >= 0.6 is 0 Å². The van der Waals surface area contributed by atoms with Gasteiger partial charge in [-0.05, 0) is 12.3 Å². The number of morpholine rings is 1. The van der Waals surface area contributed by atoms with E-state index in [0.717, 1.165) is 38.3 Å². The van der Waals surface area contributed by atoms with Crippen molar-refractivity contribution in [1.29, 1.82) is 0 Å². The number of nitrogens with one attached hydrogen (secondary N) is 1. The van der Waals surface area contributed by atoms with Crippen LogP contribution in [-0.2, 0) is 9.53 Å². The van der Waals surface area contributed by atoms with Gasteiger partial charge in [0.25, 0.3) is 0 Å². The molecule has 2 fully saturated rings.